The maximum Gasteiger partial charge on any atom is 0.262 e. The maximum atomic E-state index is 11.0. The first-order valence-electron chi connectivity index (χ1n) is 3.97. The molecule has 0 radical (unpaired) electrons. The molecule has 0 aromatic heterocycles. The predicted octanol–water partition coefficient (Wildman–Crippen LogP) is -0.605. The molecule has 1 heterocycles. The van der Waals surface area contributed by atoms with Crippen molar-refractivity contribution in [3.05, 3.63) is 12.2 Å². The molecule has 5 nitrogen and oxygen atoms in total. The molecule has 2 amide bonds. The van der Waals surface area contributed by atoms with Gasteiger partial charge in [-0.25, -0.2) is 0 Å². The van der Waals surface area contributed by atoms with E-state index in [0.29, 0.717) is 19.3 Å². The van der Waals surface area contributed by atoms with E-state index in [-0.39, 0.29) is 5.91 Å². The first-order chi connectivity index (χ1) is 6.24. The Morgan fingerprint density at radius 2 is 2.31 bits per heavy atom. The molecule has 0 aromatic carbocycles. The maximum absolute atomic E-state index is 11.0. The summed E-state index contributed by atoms with van der Waals surface area (Å²) in [6, 6.07) is 0. The van der Waals surface area contributed by atoms with Crippen LogP contribution in [-0.2, 0) is 14.4 Å². The van der Waals surface area contributed by atoms with Crippen LogP contribution in [0.15, 0.2) is 12.2 Å². The first-order valence-corrected chi connectivity index (χ1v) is 3.97. The number of nitrogens with zero attached hydrogens (tertiary/aromatic N) is 1. The number of carbonyl (C=O) groups excluding carboxylic acids is 3. The topological polar surface area (TPSA) is 66.5 Å². The average molecular weight is 182 g/mol. The van der Waals surface area contributed by atoms with Gasteiger partial charge in [0.05, 0.1) is 0 Å². The van der Waals surface area contributed by atoms with E-state index in [2.05, 4.69) is 5.43 Å². The number of hydrogen-bond acceptors (Lipinski definition) is 3. The molecule has 0 aliphatic carbocycles. The zero-order valence-corrected chi connectivity index (χ0v) is 7.03. The van der Waals surface area contributed by atoms with E-state index in [9.17, 15) is 14.4 Å². The Hall–Kier alpha value is -1.65. The summed E-state index contributed by atoms with van der Waals surface area (Å²) in [5.74, 6) is -0.546. The van der Waals surface area contributed by atoms with Gasteiger partial charge < -0.3 is 0 Å². The van der Waals surface area contributed by atoms with Crippen LogP contribution in [-0.4, -0.2) is 29.7 Å². The number of aldehydes is 1. The Bertz CT molecular complexity index is 260. The SMILES string of the molecule is O=CC=CC(=O)NN1CCCC1=O. The minimum Gasteiger partial charge on any atom is -0.299 e. The van der Waals surface area contributed by atoms with Crippen LogP contribution in [0.25, 0.3) is 0 Å². The monoisotopic (exact) mass is 182 g/mol. The highest BCUT2D eigenvalue weighted by molar-refractivity contribution is 5.92. The molecule has 1 aliphatic rings. The van der Waals surface area contributed by atoms with Crippen LogP contribution in [0.3, 0.4) is 0 Å². The largest absolute Gasteiger partial charge is 0.299 e. The van der Waals surface area contributed by atoms with E-state index < -0.39 is 5.91 Å². The van der Waals surface area contributed by atoms with Crippen LogP contribution < -0.4 is 5.43 Å². The molecule has 1 fully saturated rings. The smallest absolute Gasteiger partial charge is 0.262 e. The van der Waals surface area contributed by atoms with Crippen molar-refractivity contribution >= 4 is 18.1 Å². The van der Waals surface area contributed by atoms with Gasteiger partial charge in [0.1, 0.15) is 6.29 Å². The van der Waals surface area contributed by atoms with Gasteiger partial charge in [0.15, 0.2) is 0 Å². The molecular weight excluding hydrogens is 172 g/mol. The van der Waals surface area contributed by atoms with Gasteiger partial charge in [0, 0.05) is 19.0 Å². The number of hydrazine groups is 1. The van der Waals surface area contributed by atoms with Gasteiger partial charge in [-0.2, -0.15) is 0 Å². The second-order valence-electron chi connectivity index (χ2n) is 2.62. The van der Waals surface area contributed by atoms with Gasteiger partial charge >= 0.3 is 0 Å². The standard InChI is InChI=1S/C8H10N2O3/c11-6-2-3-7(12)9-10-5-1-4-8(10)13/h2-3,6H,1,4-5H2,(H,9,12). The molecule has 0 saturated carbocycles. The van der Waals surface area contributed by atoms with E-state index in [1.54, 1.807) is 0 Å². The van der Waals surface area contributed by atoms with Crippen molar-refractivity contribution in [3.8, 4) is 0 Å². The van der Waals surface area contributed by atoms with E-state index in [4.69, 9.17) is 0 Å². The summed E-state index contributed by atoms with van der Waals surface area (Å²) >= 11 is 0. The normalized spacial score (nSPS) is 16.6. The summed E-state index contributed by atoms with van der Waals surface area (Å²) in [6.45, 7) is 0.541. The molecule has 13 heavy (non-hydrogen) atoms. The molecule has 5 heteroatoms. The first kappa shape index (κ1) is 9.44. The lowest BCUT2D eigenvalue weighted by Gasteiger charge is -2.14. The molecule has 0 atom stereocenters. The lowest BCUT2D eigenvalue weighted by molar-refractivity contribution is -0.136. The minimum atomic E-state index is -0.456. The minimum absolute atomic E-state index is 0.0900. The van der Waals surface area contributed by atoms with E-state index in [1.165, 1.54) is 5.01 Å². The summed E-state index contributed by atoms with van der Waals surface area (Å²) in [4.78, 5) is 31.8. The second kappa shape index (κ2) is 4.39. The van der Waals surface area contributed by atoms with E-state index in [1.807, 2.05) is 0 Å². The summed E-state index contributed by atoms with van der Waals surface area (Å²) < 4.78 is 0. The molecule has 0 aromatic rings. The van der Waals surface area contributed by atoms with Gasteiger partial charge in [0.25, 0.3) is 5.91 Å². The Kier molecular flexibility index (Phi) is 3.19. The third-order valence-electron chi connectivity index (χ3n) is 1.64. The highest BCUT2D eigenvalue weighted by Crippen LogP contribution is 2.05. The quantitative estimate of drug-likeness (QED) is 0.468. The molecule has 0 bridgehead atoms. The highest BCUT2D eigenvalue weighted by Gasteiger charge is 2.20. The number of amides is 2. The van der Waals surface area contributed by atoms with Gasteiger partial charge in [0.2, 0.25) is 5.91 Å². The molecule has 0 spiro atoms. The van der Waals surface area contributed by atoms with Gasteiger partial charge in [-0.3, -0.25) is 24.8 Å². The molecule has 1 saturated heterocycles. The van der Waals surface area contributed by atoms with Crippen LogP contribution in [0, 0.1) is 0 Å². The predicted molar refractivity (Wildman–Crippen MR) is 44.3 cm³/mol. The van der Waals surface area contributed by atoms with Crippen molar-refractivity contribution in [2.24, 2.45) is 0 Å². The lowest BCUT2D eigenvalue weighted by Crippen LogP contribution is -2.42. The zero-order valence-electron chi connectivity index (χ0n) is 7.03. The fourth-order valence-electron chi connectivity index (χ4n) is 1.06. The number of rotatable bonds is 3. The summed E-state index contributed by atoms with van der Waals surface area (Å²) in [5, 5.41) is 1.26. The van der Waals surface area contributed by atoms with Crippen LogP contribution in [0.4, 0.5) is 0 Å². The Labute approximate surface area is 75.4 Å². The lowest BCUT2D eigenvalue weighted by atomic mass is 10.4. The van der Waals surface area contributed by atoms with Gasteiger partial charge in [-0.15, -0.1) is 0 Å². The van der Waals surface area contributed by atoms with Crippen molar-refractivity contribution in [1.29, 1.82) is 0 Å². The van der Waals surface area contributed by atoms with Crippen LogP contribution in [0.1, 0.15) is 12.8 Å². The summed E-state index contributed by atoms with van der Waals surface area (Å²) in [6.07, 6.45) is 3.90. The van der Waals surface area contributed by atoms with Crippen molar-refractivity contribution in [3.63, 3.8) is 0 Å². The van der Waals surface area contributed by atoms with Crippen molar-refractivity contribution in [2.45, 2.75) is 12.8 Å². The number of allylic oxidation sites excluding steroid dienone is 1. The number of hydrogen-bond donors (Lipinski definition) is 1. The van der Waals surface area contributed by atoms with E-state index >= 15 is 0 Å². The fourth-order valence-corrected chi connectivity index (χ4v) is 1.06. The Morgan fingerprint density at radius 3 is 2.85 bits per heavy atom. The van der Waals surface area contributed by atoms with Crippen LogP contribution in [0.5, 0.6) is 0 Å². The Balaban J connectivity index is 2.39. The number of nitrogens with one attached hydrogen (secondary N) is 1. The molecule has 1 aliphatic heterocycles. The summed E-state index contributed by atoms with van der Waals surface area (Å²) in [7, 11) is 0. The summed E-state index contributed by atoms with van der Waals surface area (Å²) in [5.41, 5.74) is 2.36. The molecule has 70 valence electrons. The Morgan fingerprint density at radius 1 is 1.54 bits per heavy atom. The molecule has 1 rings (SSSR count). The second-order valence-corrected chi connectivity index (χ2v) is 2.62. The molecule has 1 N–H and O–H groups in total. The molecular formula is C8H10N2O3. The van der Waals surface area contributed by atoms with Crippen molar-refractivity contribution in [1.82, 2.24) is 10.4 Å². The van der Waals surface area contributed by atoms with E-state index in [0.717, 1.165) is 18.6 Å². The highest BCUT2D eigenvalue weighted by atomic mass is 16.2. The zero-order chi connectivity index (χ0) is 9.68. The molecule has 0 unspecified atom stereocenters. The average Bonchev–Trinajstić information content (AvgIpc) is 2.48. The number of carbonyl (C=O) groups is 3. The fraction of sp³-hybridized carbons (Fsp3) is 0.375. The van der Waals surface area contributed by atoms with Crippen molar-refractivity contribution < 1.29 is 14.4 Å². The van der Waals surface area contributed by atoms with Crippen LogP contribution in [0.2, 0.25) is 0 Å². The van der Waals surface area contributed by atoms with Gasteiger partial charge in [-0.1, -0.05) is 0 Å². The third kappa shape index (κ3) is 2.70. The van der Waals surface area contributed by atoms with Crippen LogP contribution >= 0.6 is 0 Å². The third-order valence-corrected chi connectivity index (χ3v) is 1.64. The van der Waals surface area contributed by atoms with Gasteiger partial charge in [-0.05, 0) is 12.5 Å². The van der Waals surface area contributed by atoms with Crippen molar-refractivity contribution in [2.75, 3.05) is 6.54 Å².